The van der Waals surface area contributed by atoms with E-state index in [4.69, 9.17) is 4.74 Å². The molecule has 3 heteroatoms. The molecule has 1 aromatic heterocycles. The van der Waals surface area contributed by atoms with Crippen LogP contribution in [-0.2, 0) is 4.74 Å². The van der Waals surface area contributed by atoms with Crippen molar-refractivity contribution < 1.29 is 4.74 Å². The number of fused-ring (bicyclic) bond motifs is 1. The van der Waals surface area contributed by atoms with Crippen LogP contribution in [0.3, 0.4) is 0 Å². The van der Waals surface area contributed by atoms with Gasteiger partial charge in [0, 0.05) is 29.6 Å². The van der Waals surface area contributed by atoms with Crippen molar-refractivity contribution in [2.24, 2.45) is 5.92 Å². The van der Waals surface area contributed by atoms with Gasteiger partial charge in [-0.15, -0.1) is 0 Å². The summed E-state index contributed by atoms with van der Waals surface area (Å²) in [5.41, 5.74) is 3.24. The number of para-hydroxylation sites is 1. The van der Waals surface area contributed by atoms with E-state index in [1.807, 2.05) is 6.92 Å². The maximum absolute atomic E-state index is 5.47. The quantitative estimate of drug-likeness (QED) is 0.914. The number of aryl methyl sites for hydroxylation is 1. The third-order valence-electron chi connectivity index (χ3n) is 3.91. The summed E-state index contributed by atoms with van der Waals surface area (Å²) in [6.45, 7) is 6.02. The summed E-state index contributed by atoms with van der Waals surface area (Å²) in [7, 11) is 0. The molecule has 0 aliphatic carbocycles. The van der Waals surface area contributed by atoms with E-state index in [-0.39, 0.29) is 0 Å². The Bertz CT molecular complexity index is 576. The number of anilines is 1. The van der Waals surface area contributed by atoms with Gasteiger partial charge in [0.1, 0.15) is 0 Å². The van der Waals surface area contributed by atoms with E-state index in [0.717, 1.165) is 36.5 Å². The minimum absolute atomic E-state index is 0.412. The van der Waals surface area contributed by atoms with Gasteiger partial charge in [0.25, 0.3) is 0 Å². The number of pyridine rings is 1. The van der Waals surface area contributed by atoms with Gasteiger partial charge >= 0.3 is 0 Å². The summed E-state index contributed by atoms with van der Waals surface area (Å²) in [6.07, 6.45) is 1.14. The average molecular weight is 256 g/mol. The van der Waals surface area contributed by atoms with Gasteiger partial charge in [-0.25, -0.2) is 0 Å². The van der Waals surface area contributed by atoms with Crippen LogP contribution in [0.15, 0.2) is 30.3 Å². The second-order valence-corrected chi connectivity index (χ2v) is 5.39. The summed E-state index contributed by atoms with van der Waals surface area (Å²) in [6, 6.07) is 10.9. The molecule has 100 valence electrons. The van der Waals surface area contributed by atoms with Crippen LogP contribution in [0.5, 0.6) is 0 Å². The Morgan fingerprint density at radius 2 is 2.21 bits per heavy atom. The molecule has 1 fully saturated rings. The zero-order valence-corrected chi connectivity index (χ0v) is 11.5. The lowest BCUT2D eigenvalue weighted by Gasteiger charge is -2.21. The van der Waals surface area contributed by atoms with Crippen LogP contribution >= 0.6 is 0 Å². The topological polar surface area (TPSA) is 34.1 Å². The lowest BCUT2D eigenvalue weighted by atomic mass is 10.0. The summed E-state index contributed by atoms with van der Waals surface area (Å²) in [5, 5.41) is 4.80. The van der Waals surface area contributed by atoms with E-state index in [9.17, 15) is 0 Å². The molecule has 0 saturated carbocycles. The highest BCUT2D eigenvalue weighted by molar-refractivity contribution is 5.90. The molecule has 3 nitrogen and oxygen atoms in total. The number of ether oxygens (including phenoxy) is 1. The smallest absolute Gasteiger partial charge is 0.0936 e. The SMILES string of the molecule is Cc1ccc2cccc(NC(C)C3CCOC3)c2n1. The highest BCUT2D eigenvalue weighted by Gasteiger charge is 2.22. The molecule has 1 aliphatic rings. The molecule has 0 bridgehead atoms. The molecule has 1 aliphatic heterocycles. The minimum atomic E-state index is 0.412. The van der Waals surface area contributed by atoms with Crippen LogP contribution in [0.25, 0.3) is 10.9 Å². The molecule has 0 spiro atoms. The first-order chi connectivity index (χ1) is 9.24. The van der Waals surface area contributed by atoms with E-state index < -0.39 is 0 Å². The van der Waals surface area contributed by atoms with Crippen LogP contribution in [0.1, 0.15) is 19.0 Å². The third kappa shape index (κ3) is 2.56. The fourth-order valence-corrected chi connectivity index (χ4v) is 2.67. The number of nitrogens with zero attached hydrogens (tertiary/aromatic N) is 1. The van der Waals surface area contributed by atoms with E-state index in [0.29, 0.717) is 12.0 Å². The minimum Gasteiger partial charge on any atom is -0.381 e. The zero-order chi connectivity index (χ0) is 13.2. The lowest BCUT2D eigenvalue weighted by Crippen LogP contribution is -2.26. The predicted molar refractivity (Wildman–Crippen MR) is 78.5 cm³/mol. The van der Waals surface area contributed by atoms with Crippen molar-refractivity contribution in [3.05, 3.63) is 36.0 Å². The van der Waals surface area contributed by atoms with Crippen LogP contribution in [0.2, 0.25) is 0 Å². The van der Waals surface area contributed by atoms with Crippen LogP contribution in [0, 0.1) is 12.8 Å². The van der Waals surface area contributed by atoms with Crippen LogP contribution in [0.4, 0.5) is 5.69 Å². The number of rotatable bonds is 3. The molecule has 2 heterocycles. The first-order valence-corrected chi connectivity index (χ1v) is 6.95. The van der Waals surface area contributed by atoms with Gasteiger partial charge in [0.2, 0.25) is 0 Å². The highest BCUT2D eigenvalue weighted by Crippen LogP contribution is 2.25. The highest BCUT2D eigenvalue weighted by atomic mass is 16.5. The van der Waals surface area contributed by atoms with Crippen molar-refractivity contribution in [1.29, 1.82) is 0 Å². The molecule has 2 aromatic rings. The molecule has 0 radical (unpaired) electrons. The van der Waals surface area contributed by atoms with Crippen molar-refractivity contribution >= 4 is 16.6 Å². The van der Waals surface area contributed by atoms with E-state index in [1.54, 1.807) is 0 Å². The molecule has 1 N–H and O–H groups in total. The van der Waals surface area contributed by atoms with Gasteiger partial charge in [-0.3, -0.25) is 4.98 Å². The second-order valence-electron chi connectivity index (χ2n) is 5.39. The van der Waals surface area contributed by atoms with Crippen molar-refractivity contribution in [1.82, 2.24) is 4.98 Å². The summed E-state index contributed by atoms with van der Waals surface area (Å²) < 4.78 is 5.47. The Labute approximate surface area is 114 Å². The van der Waals surface area contributed by atoms with Gasteiger partial charge in [0.15, 0.2) is 0 Å². The fraction of sp³-hybridized carbons (Fsp3) is 0.438. The molecule has 2 atom stereocenters. The maximum Gasteiger partial charge on any atom is 0.0936 e. The number of hydrogen-bond donors (Lipinski definition) is 1. The first-order valence-electron chi connectivity index (χ1n) is 6.95. The van der Waals surface area contributed by atoms with E-state index >= 15 is 0 Å². The molecule has 0 amide bonds. The van der Waals surface area contributed by atoms with Crippen LogP contribution in [-0.4, -0.2) is 24.2 Å². The standard InChI is InChI=1S/C16H20N2O/c1-11-6-7-13-4-3-5-15(16(13)17-11)18-12(2)14-8-9-19-10-14/h3-7,12,14,18H,8-10H2,1-2H3. The Morgan fingerprint density at radius 3 is 3.00 bits per heavy atom. The Kier molecular flexibility index (Phi) is 3.38. The van der Waals surface area contributed by atoms with Gasteiger partial charge in [0.05, 0.1) is 17.8 Å². The van der Waals surface area contributed by atoms with Gasteiger partial charge in [-0.1, -0.05) is 18.2 Å². The van der Waals surface area contributed by atoms with Crippen molar-refractivity contribution in [2.75, 3.05) is 18.5 Å². The molecule has 19 heavy (non-hydrogen) atoms. The molecule has 3 rings (SSSR count). The number of benzene rings is 1. The molecule has 1 saturated heterocycles. The number of nitrogens with one attached hydrogen (secondary N) is 1. The average Bonchev–Trinajstić information content (AvgIpc) is 2.93. The van der Waals surface area contributed by atoms with E-state index in [1.165, 1.54) is 5.39 Å². The normalized spacial score (nSPS) is 20.6. The van der Waals surface area contributed by atoms with E-state index in [2.05, 4.69) is 47.6 Å². The third-order valence-corrected chi connectivity index (χ3v) is 3.91. The summed E-state index contributed by atoms with van der Waals surface area (Å²) >= 11 is 0. The Morgan fingerprint density at radius 1 is 1.32 bits per heavy atom. The van der Waals surface area contributed by atoms with Gasteiger partial charge < -0.3 is 10.1 Å². The lowest BCUT2D eigenvalue weighted by molar-refractivity contribution is 0.183. The van der Waals surface area contributed by atoms with Crippen molar-refractivity contribution in [3.8, 4) is 0 Å². The number of aromatic nitrogens is 1. The molecule has 1 aromatic carbocycles. The second kappa shape index (κ2) is 5.17. The van der Waals surface area contributed by atoms with Crippen LogP contribution < -0.4 is 5.32 Å². The van der Waals surface area contributed by atoms with Crippen molar-refractivity contribution in [3.63, 3.8) is 0 Å². The molecular formula is C16H20N2O. The summed E-state index contributed by atoms with van der Waals surface area (Å²) in [5.74, 6) is 0.597. The summed E-state index contributed by atoms with van der Waals surface area (Å²) in [4.78, 5) is 4.66. The molecule has 2 unspecified atom stereocenters. The fourth-order valence-electron chi connectivity index (χ4n) is 2.67. The first kappa shape index (κ1) is 12.4. The Hall–Kier alpha value is -1.61. The van der Waals surface area contributed by atoms with Crippen molar-refractivity contribution in [2.45, 2.75) is 26.3 Å². The predicted octanol–water partition coefficient (Wildman–Crippen LogP) is 3.38. The Balaban J connectivity index is 1.89. The zero-order valence-electron chi connectivity index (χ0n) is 11.5. The van der Waals surface area contributed by atoms with Gasteiger partial charge in [-0.05, 0) is 32.4 Å². The number of hydrogen-bond acceptors (Lipinski definition) is 3. The monoisotopic (exact) mass is 256 g/mol. The maximum atomic E-state index is 5.47. The van der Waals surface area contributed by atoms with Gasteiger partial charge in [-0.2, -0.15) is 0 Å². The molecular weight excluding hydrogens is 236 g/mol. The largest absolute Gasteiger partial charge is 0.381 e.